The van der Waals surface area contributed by atoms with E-state index < -0.39 is 0 Å². The van der Waals surface area contributed by atoms with Crippen molar-refractivity contribution in [1.29, 1.82) is 0 Å². The van der Waals surface area contributed by atoms with Gasteiger partial charge in [-0.05, 0) is 19.1 Å². The van der Waals surface area contributed by atoms with Crippen molar-refractivity contribution in [1.82, 2.24) is 19.7 Å². The number of nitrogens with one attached hydrogen (secondary N) is 1. The van der Waals surface area contributed by atoms with Gasteiger partial charge in [-0.25, -0.2) is 4.68 Å². The number of fused-ring (bicyclic) bond motifs is 1. The van der Waals surface area contributed by atoms with Crippen LogP contribution < -0.4 is 10.5 Å². The molecule has 0 atom stereocenters. The Morgan fingerprint density at radius 3 is 2.83 bits per heavy atom. The first kappa shape index (κ1) is 15.2. The zero-order valence-electron chi connectivity index (χ0n) is 13.2. The molecule has 7 nitrogen and oxygen atoms in total. The number of anilines is 1. The molecular formula is C16H19N5O2. The van der Waals surface area contributed by atoms with E-state index in [9.17, 15) is 4.79 Å². The zero-order chi connectivity index (χ0) is 16.2. The molecule has 0 fully saturated rings. The Morgan fingerprint density at radius 2 is 2.09 bits per heavy atom. The van der Waals surface area contributed by atoms with E-state index in [1.807, 2.05) is 49.2 Å². The normalized spacial score (nSPS) is 11.0. The van der Waals surface area contributed by atoms with Gasteiger partial charge in [-0.1, -0.05) is 18.2 Å². The molecule has 23 heavy (non-hydrogen) atoms. The summed E-state index contributed by atoms with van der Waals surface area (Å²) in [6.45, 7) is 3.83. The highest BCUT2D eigenvalue weighted by Gasteiger charge is 2.13. The smallest absolute Gasteiger partial charge is 0.263 e. The van der Waals surface area contributed by atoms with Crippen LogP contribution in [-0.2, 0) is 4.74 Å². The van der Waals surface area contributed by atoms with Crippen molar-refractivity contribution < 1.29 is 4.74 Å². The molecule has 7 heteroatoms. The average molecular weight is 313 g/mol. The summed E-state index contributed by atoms with van der Waals surface area (Å²) in [5, 5.41) is 4.76. The molecule has 0 aliphatic heterocycles. The molecule has 0 spiro atoms. The first-order chi connectivity index (χ1) is 11.2. The van der Waals surface area contributed by atoms with E-state index in [0.717, 1.165) is 5.69 Å². The Bertz CT molecular complexity index is 841. The molecule has 0 bridgehead atoms. The number of ether oxygens (including phenoxy) is 1. The quantitative estimate of drug-likeness (QED) is 0.699. The lowest BCUT2D eigenvalue weighted by Gasteiger charge is -2.17. The number of para-hydroxylation sites is 1. The van der Waals surface area contributed by atoms with Crippen molar-refractivity contribution in [2.24, 2.45) is 0 Å². The maximum atomic E-state index is 12.3. The van der Waals surface area contributed by atoms with Gasteiger partial charge in [0.15, 0.2) is 5.65 Å². The van der Waals surface area contributed by atoms with Crippen LogP contribution in [-0.4, -0.2) is 46.6 Å². The Morgan fingerprint density at radius 1 is 1.30 bits per heavy atom. The fourth-order valence-electron chi connectivity index (χ4n) is 2.30. The number of hydrogen-bond donors (Lipinski definition) is 1. The van der Waals surface area contributed by atoms with E-state index in [4.69, 9.17) is 4.74 Å². The number of benzene rings is 1. The van der Waals surface area contributed by atoms with Gasteiger partial charge in [0.2, 0.25) is 5.95 Å². The highest BCUT2D eigenvalue weighted by atomic mass is 16.5. The molecular weight excluding hydrogens is 294 g/mol. The second-order valence-corrected chi connectivity index (χ2v) is 5.14. The van der Waals surface area contributed by atoms with E-state index in [0.29, 0.717) is 36.7 Å². The molecule has 120 valence electrons. The largest absolute Gasteiger partial charge is 0.380 e. The van der Waals surface area contributed by atoms with E-state index in [2.05, 4.69) is 15.1 Å². The summed E-state index contributed by atoms with van der Waals surface area (Å²) in [6, 6.07) is 9.63. The number of rotatable bonds is 6. The summed E-state index contributed by atoms with van der Waals surface area (Å²) >= 11 is 0. The third-order valence-corrected chi connectivity index (χ3v) is 3.56. The molecule has 0 amide bonds. The Hall–Kier alpha value is -2.67. The van der Waals surface area contributed by atoms with Gasteiger partial charge in [0.25, 0.3) is 5.56 Å². The average Bonchev–Trinajstić information content (AvgIpc) is 3.00. The van der Waals surface area contributed by atoms with Gasteiger partial charge >= 0.3 is 0 Å². The lowest BCUT2D eigenvalue weighted by Crippen LogP contribution is -2.27. The monoisotopic (exact) mass is 313 g/mol. The van der Waals surface area contributed by atoms with Gasteiger partial charge in [0.05, 0.1) is 18.5 Å². The minimum Gasteiger partial charge on any atom is -0.380 e. The Labute approximate surface area is 133 Å². The molecule has 0 radical (unpaired) electrons. The molecule has 2 heterocycles. The highest BCUT2D eigenvalue weighted by Crippen LogP contribution is 2.15. The van der Waals surface area contributed by atoms with Crippen molar-refractivity contribution >= 4 is 17.0 Å². The van der Waals surface area contributed by atoms with Crippen LogP contribution in [0.2, 0.25) is 0 Å². The summed E-state index contributed by atoms with van der Waals surface area (Å²) in [5.41, 5.74) is 1.21. The molecule has 0 unspecified atom stereocenters. The maximum absolute atomic E-state index is 12.3. The van der Waals surface area contributed by atoms with Crippen LogP contribution in [0.25, 0.3) is 16.7 Å². The van der Waals surface area contributed by atoms with Gasteiger partial charge in [-0.3, -0.25) is 9.78 Å². The molecule has 2 aromatic heterocycles. The number of H-pyrrole nitrogens is 1. The van der Waals surface area contributed by atoms with Gasteiger partial charge < -0.3 is 9.64 Å². The molecule has 3 aromatic rings. The van der Waals surface area contributed by atoms with E-state index >= 15 is 0 Å². The highest BCUT2D eigenvalue weighted by molar-refractivity contribution is 5.76. The topological polar surface area (TPSA) is 76.0 Å². The SMILES string of the molecule is CCOCCN(C)c1nc2c(cnn2-c2ccccc2)c(=O)[nH]1. The molecule has 1 N–H and O–H groups in total. The standard InChI is InChI=1S/C16H19N5O2/c1-3-23-10-9-20(2)16-18-14-13(15(22)19-16)11-17-21(14)12-7-5-4-6-8-12/h4-8,11H,3,9-10H2,1-2H3,(H,18,19,22). The zero-order valence-corrected chi connectivity index (χ0v) is 13.2. The van der Waals surface area contributed by atoms with Crippen LogP contribution >= 0.6 is 0 Å². The minimum absolute atomic E-state index is 0.199. The number of hydrogen-bond acceptors (Lipinski definition) is 5. The first-order valence-corrected chi connectivity index (χ1v) is 7.53. The number of aromatic amines is 1. The predicted octanol–water partition coefficient (Wildman–Crippen LogP) is 1.58. The Kier molecular flexibility index (Phi) is 4.38. The van der Waals surface area contributed by atoms with Gasteiger partial charge in [0, 0.05) is 20.2 Å². The molecule has 0 aliphatic carbocycles. The predicted molar refractivity (Wildman–Crippen MR) is 89.2 cm³/mol. The van der Waals surface area contributed by atoms with Gasteiger partial charge in [0.1, 0.15) is 5.39 Å². The number of nitrogens with zero attached hydrogens (tertiary/aromatic N) is 4. The summed E-state index contributed by atoms with van der Waals surface area (Å²) in [7, 11) is 1.87. The van der Waals surface area contributed by atoms with E-state index in [-0.39, 0.29) is 5.56 Å². The Balaban J connectivity index is 2.01. The summed E-state index contributed by atoms with van der Waals surface area (Å²) in [5.74, 6) is 0.500. The van der Waals surface area contributed by atoms with Crippen LogP contribution in [0, 0.1) is 0 Å². The van der Waals surface area contributed by atoms with Crippen molar-refractivity contribution in [3.8, 4) is 5.69 Å². The summed E-state index contributed by atoms with van der Waals surface area (Å²) in [4.78, 5) is 21.5. The lowest BCUT2D eigenvalue weighted by atomic mass is 10.3. The van der Waals surface area contributed by atoms with Crippen LogP contribution in [0.15, 0.2) is 41.3 Å². The molecule has 3 rings (SSSR count). The lowest BCUT2D eigenvalue weighted by molar-refractivity contribution is 0.154. The fraction of sp³-hybridized carbons (Fsp3) is 0.312. The molecule has 1 aromatic carbocycles. The third-order valence-electron chi connectivity index (χ3n) is 3.56. The third kappa shape index (κ3) is 3.09. The number of aromatic nitrogens is 4. The minimum atomic E-state index is -0.199. The molecule has 0 saturated carbocycles. The maximum Gasteiger partial charge on any atom is 0.263 e. The van der Waals surface area contributed by atoms with Crippen molar-refractivity contribution in [3.05, 3.63) is 46.9 Å². The van der Waals surface area contributed by atoms with Crippen LogP contribution in [0.4, 0.5) is 5.95 Å². The summed E-state index contributed by atoms with van der Waals surface area (Å²) in [6.07, 6.45) is 1.54. The second kappa shape index (κ2) is 6.62. The molecule has 0 saturated heterocycles. The van der Waals surface area contributed by atoms with Crippen LogP contribution in [0.3, 0.4) is 0 Å². The van der Waals surface area contributed by atoms with Crippen molar-refractivity contribution in [3.63, 3.8) is 0 Å². The van der Waals surface area contributed by atoms with Gasteiger partial charge in [-0.15, -0.1) is 0 Å². The van der Waals surface area contributed by atoms with Crippen LogP contribution in [0.1, 0.15) is 6.92 Å². The van der Waals surface area contributed by atoms with E-state index in [1.54, 1.807) is 4.68 Å². The van der Waals surface area contributed by atoms with Crippen molar-refractivity contribution in [2.75, 3.05) is 31.7 Å². The second-order valence-electron chi connectivity index (χ2n) is 5.14. The first-order valence-electron chi connectivity index (χ1n) is 7.53. The van der Waals surface area contributed by atoms with Crippen LogP contribution in [0.5, 0.6) is 0 Å². The number of likely N-dealkylation sites (N-methyl/N-ethyl adjacent to an activating group) is 1. The van der Waals surface area contributed by atoms with Crippen molar-refractivity contribution in [2.45, 2.75) is 6.92 Å². The fourth-order valence-corrected chi connectivity index (χ4v) is 2.30. The summed E-state index contributed by atoms with van der Waals surface area (Å²) < 4.78 is 7.01. The molecule has 0 aliphatic rings. The van der Waals surface area contributed by atoms with Gasteiger partial charge in [-0.2, -0.15) is 10.1 Å². The van der Waals surface area contributed by atoms with E-state index in [1.165, 1.54) is 6.20 Å².